The van der Waals surface area contributed by atoms with E-state index >= 15 is 0 Å². The molecule has 2 aromatic carbocycles. The van der Waals surface area contributed by atoms with Gasteiger partial charge in [0.25, 0.3) is 0 Å². The Morgan fingerprint density at radius 3 is 2.83 bits per heavy atom. The monoisotopic (exact) mass is 238 g/mol. The van der Waals surface area contributed by atoms with Crippen LogP contribution in [0, 0.1) is 18.3 Å². The van der Waals surface area contributed by atoms with Crippen molar-refractivity contribution in [2.75, 3.05) is 5.32 Å². The maximum atomic E-state index is 9.72. The van der Waals surface area contributed by atoms with Crippen molar-refractivity contribution >= 4 is 5.69 Å². The molecule has 0 amide bonds. The Bertz CT molecular complexity index is 600. The molecule has 0 radical (unpaired) electrons. The van der Waals surface area contributed by atoms with Crippen molar-refractivity contribution in [3.63, 3.8) is 0 Å². The van der Waals surface area contributed by atoms with E-state index in [1.807, 2.05) is 31.2 Å². The SMILES string of the molecule is Cc1ccc(O)c(CNc2cccc(C#N)c2)c1. The molecule has 3 nitrogen and oxygen atoms in total. The zero-order valence-corrected chi connectivity index (χ0v) is 10.1. The molecule has 2 rings (SSSR count). The molecule has 3 heteroatoms. The molecule has 90 valence electrons. The van der Waals surface area contributed by atoms with Gasteiger partial charge in [-0.1, -0.05) is 23.8 Å². The highest BCUT2D eigenvalue weighted by molar-refractivity contribution is 5.50. The van der Waals surface area contributed by atoms with Crippen LogP contribution in [0.4, 0.5) is 5.69 Å². The Kier molecular flexibility index (Phi) is 3.49. The van der Waals surface area contributed by atoms with E-state index in [0.717, 1.165) is 16.8 Å². The maximum Gasteiger partial charge on any atom is 0.120 e. The quantitative estimate of drug-likeness (QED) is 0.863. The summed E-state index contributed by atoms with van der Waals surface area (Å²) in [5.41, 5.74) is 3.44. The van der Waals surface area contributed by atoms with Gasteiger partial charge in [0, 0.05) is 17.8 Å². The number of aryl methyl sites for hydroxylation is 1. The van der Waals surface area contributed by atoms with Crippen LogP contribution in [0.15, 0.2) is 42.5 Å². The van der Waals surface area contributed by atoms with E-state index < -0.39 is 0 Å². The topological polar surface area (TPSA) is 56.0 Å². The van der Waals surface area contributed by atoms with E-state index in [9.17, 15) is 5.11 Å². The second-order valence-electron chi connectivity index (χ2n) is 4.18. The molecule has 0 spiro atoms. The van der Waals surface area contributed by atoms with Crippen molar-refractivity contribution in [2.45, 2.75) is 13.5 Å². The molecule has 0 saturated heterocycles. The predicted molar refractivity (Wildman–Crippen MR) is 71.3 cm³/mol. The second kappa shape index (κ2) is 5.24. The number of nitrogens with zero attached hydrogens (tertiary/aromatic N) is 1. The minimum absolute atomic E-state index is 0.282. The van der Waals surface area contributed by atoms with Gasteiger partial charge >= 0.3 is 0 Å². The molecule has 0 unspecified atom stereocenters. The number of hydrogen-bond acceptors (Lipinski definition) is 3. The molecular weight excluding hydrogens is 224 g/mol. The van der Waals surface area contributed by atoms with Crippen LogP contribution in [0.25, 0.3) is 0 Å². The van der Waals surface area contributed by atoms with Crippen molar-refractivity contribution in [3.8, 4) is 11.8 Å². The van der Waals surface area contributed by atoms with Crippen LogP contribution in [-0.4, -0.2) is 5.11 Å². The van der Waals surface area contributed by atoms with E-state index in [1.165, 1.54) is 0 Å². The van der Waals surface area contributed by atoms with E-state index in [-0.39, 0.29) is 5.75 Å². The molecule has 0 aliphatic heterocycles. The summed E-state index contributed by atoms with van der Waals surface area (Å²) in [6.07, 6.45) is 0. The number of phenolic OH excluding ortho intramolecular Hbond substituents is 1. The van der Waals surface area contributed by atoms with E-state index in [2.05, 4.69) is 11.4 Å². The number of phenols is 1. The smallest absolute Gasteiger partial charge is 0.120 e. The van der Waals surface area contributed by atoms with Crippen molar-refractivity contribution < 1.29 is 5.11 Å². The molecule has 2 N–H and O–H groups in total. The van der Waals surface area contributed by atoms with Crippen LogP contribution in [0.3, 0.4) is 0 Å². The average molecular weight is 238 g/mol. The Labute approximate surface area is 106 Å². The highest BCUT2D eigenvalue weighted by Gasteiger charge is 2.01. The lowest BCUT2D eigenvalue weighted by molar-refractivity contribution is 0.469. The van der Waals surface area contributed by atoms with Crippen molar-refractivity contribution in [2.24, 2.45) is 0 Å². The lowest BCUT2D eigenvalue weighted by Gasteiger charge is -2.09. The van der Waals surface area contributed by atoms with Crippen LogP contribution < -0.4 is 5.32 Å². The number of nitrogens with one attached hydrogen (secondary N) is 1. The van der Waals surface area contributed by atoms with Crippen LogP contribution in [-0.2, 0) is 6.54 Å². The van der Waals surface area contributed by atoms with E-state index in [4.69, 9.17) is 5.26 Å². The third kappa shape index (κ3) is 2.80. The Balaban J connectivity index is 2.11. The van der Waals surface area contributed by atoms with Crippen LogP contribution in [0.2, 0.25) is 0 Å². The zero-order chi connectivity index (χ0) is 13.0. The first-order valence-electron chi connectivity index (χ1n) is 5.71. The summed E-state index contributed by atoms with van der Waals surface area (Å²) in [6, 6.07) is 14.9. The molecule has 0 bridgehead atoms. The third-order valence-electron chi connectivity index (χ3n) is 2.71. The molecule has 0 fully saturated rings. The minimum Gasteiger partial charge on any atom is -0.508 e. The Morgan fingerprint density at radius 2 is 2.06 bits per heavy atom. The molecule has 0 aliphatic rings. The summed E-state index contributed by atoms with van der Waals surface area (Å²) in [6.45, 7) is 2.52. The molecule has 2 aromatic rings. The summed E-state index contributed by atoms with van der Waals surface area (Å²) in [4.78, 5) is 0. The van der Waals surface area contributed by atoms with Gasteiger partial charge in [0.15, 0.2) is 0 Å². The van der Waals surface area contributed by atoms with Gasteiger partial charge in [0.05, 0.1) is 11.6 Å². The van der Waals surface area contributed by atoms with Gasteiger partial charge in [0.2, 0.25) is 0 Å². The number of hydrogen-bond donors (Lipinski definition) is 2. The summed E-state index contributed by atoms with van der Waals surface area (Å²) in [7, 11) is 0. The first kappa shape index (κ1) is 12.0. The first-order chi connectivity index (χ1) is 8.69. The molecule has 0 aliphatic carbocycles. The summed E-state index contributed by atoms with van der Waals surface area (Å²) in [5.74, 6) is 0.282. The summed E-state index contributed by atoms with van der Waals surface area (Å²) < 4.78 is 0. The number of rotatable bonds is 3. The zero-order valence-electron chi connectivity index (χ0n) is 10.1. The van der Waals surface area contributed by atoms with Gasteiger partial charge in [-0.15, -0.1) is 0 Å². The predicted octanol–water partition coefficient (Wildman–Crippen LogP) is 3.18. The van der Waals surface area contributed by atoms with Crippen LogP contribution in [0.1, 0.15) is 16.7 Å². The van der Waals surface area contributed by atoms with E-state index in [0.29, 0.717) is 12.1 Å². The minimum atomic E-state index is 0.282. The van der Waals surface area contributed by atoms with Gasteiger partial charge in [-0.05, 0) is 31.2 Å². The van der Waals surface area contributed by atoms with Gasteiger partial charge in [-0.3, -0.25) is 0 Å². The standard InChI is InChI=1S/C15H14N2O/c1-11-5-6-15(18)13(7-11)10-17-14-4-2-3-12(8-14)9-16/h2-8,17-18H,10H2,1H3. The molecular formula is C15H14N2O. The highest BCUT2D eigenvalue weighted by atomic mass is 16.3. The molecule has 0 atom stereocenters. The first-order valence-corrected chi connectivity index (χ1v) is 5.71. The molecule has 0 heterocycles. The third-order valence-corrected chi connectivity index (χ3v) is 2.71. The van der Waals surface area contributed by atoms with Crippen LogP contribution >= 0.6 is 0 Å². The maximum absolute atomic E-state index is 9.72. The fourth-order valence-electron chi connectivity index (χ4n) is 1.75. The summed E-state index contributed by atoms with van der Waals surface area (Å²) >= 11 is 0. The van der Waals surface area contributed by atoms with E-state index in [1.54, 1.807) is 18.2 Å². The molecule has 0 saturated carbocycles. The van der Waals surface area contributed by atoms with Crippen molar-refractivity contribution in [1.29, 1.82) is 5.26 Å². The number of aromatic hydroxyl groups is 1. The second-order valence-corrected chi connectivity index (χ2v) is 4.18. The van der Waals surface area contributed by atoms with Gasteiger partial charge in [0.1, 0.15) is 5.75 Å². The van der Waals surface area contributed by atoms with Gasteiger partial charge in [-0.25, -0.2) is 0 Å². The van der Waals surface area contributed by atoms with Crippen LogP contribution in [0.5, 0.6) is 5.75 Å². The fraction of sp³-hybridized carbons (Fsp3) is 0.133. The number of anilines is 1. The average Bonchev–Trinajstić information content (AvgIpc) is 2.40. The normalized spacial score (nSPS) is 9.78. The molecule has 0 aromatic heterocycles. The summed E-state index contributed by atoms with van der Waals surface area (Å²) in [5, 5.41) is 21.7. The van der Waals surface area contributed by atoms with Crippen molar-refractivity contribution in [3.05, 3.63) is 59.2 Å². The lowest BCUT2D eigenvalue weighted by Crippen LogP contribution is -2.00. The largest absolute Gasteiger partial charge is 0.508 e. The molecule has 18 heavy (non-hydrogen) atoms. The highest BCUT2D eigenvalue weighted by Crippen LogP contribution is 2.20. The Morgan fingerprint density at radius 1 is 1.22 bits per heavy atom. The number of nitriles is 1. The van der Waals surface area contributed by atoms with Gasteiger partial charge in [-0.2, -0.15) is 5.26 Å². The van der Waals surface area contributed by atoms with Gasteiger partial charge < -0.3 is 10.4 Å². The van der Waals surface area contributed by atoms with Crippen molar-refractivity contribution in [1.82, 2.24) is 0 Å². The number of benzene rings is 2. The lowest BCUT2D eigenvalue weighted by atomic mass is 10.1. The Hall–Kier alpha value is -2.47. The fourth-order valence-corrected chi connectivity index (χ4v) is 1.75.